The van der Waals surface area contributed by atoms with E-state index < -0.39 is 0 Å². The fourth-order valence-corrected chi connectivity index (χ4v) is 4.07. The molecule has 1 aliphatic heterocycles. The fourth-order valence-electron chi connectivity index (χ4n) is 4.07. The Kier molecular flexibility index (Phi) is 6.31. The molecule has 1 heterocycles. The number of aryl methyl sites for hydroxylation is 1. The van der Waals surface area contributed by atoms with Crippen LogP contribution in [0.25, 0.3) is 0 Å². The number of hydrogen-bond donors (Lipinski definition) is 0. The van der Waals surface area contributed by atoms with Crippen LogP contribution in [-0.2, 0) is 9.59 Å². The van der Waals surface area contributed by atoms with Crippen molar-refractivity contribution < 1.29 is 19.1 Å². The molecule has 1 aliphatic carbocycles. The van der Waals surface area contributed by atoms with Crippen LogP contribution < -0.4 is 20.4 Å². The van der Waals surface area contributed by atoms with Gasteiger partial charge in [-0.2, -0.15) is 0 Å². The van der Waals surface area contributed by atoms with E-state index >= 15 is 0 Å². The van der Waals surface area contributed by atoms with Crippen molar-refractivity contribution >= 4 is 57.2 Å². The average molecular weight is 392 g/mol. The van der Waals surface area contributed by atoms with E-state index in [-0.39, 0.29) is 23.8 Å². The Balaban J connectivity index is 1.35. The molecule has 0 atom stereocenters. The number of hydrogen-bond acceptors (Lipinski definition) is 4. The van der Waals surface area contributed by atoms with Crippen molar-refractivity contribution in [2.24, 2.45) is 11.8 Å². The molecule has 144 valence electrons. The number of carbonyl (C=O) groups is 2. The van der Waals surface area contributed by atoms with Crippen LogP contribution in [0.3, 0.4) is 0 Å². The molecule has 2 aliphatic rings. The topological polar surface area (TPSA) is 52.6 Å². The Morgan fingerprint density at radius 1 is 0.933 bits per heavy atom. The van der Waals surface area contributed by atoms with E-state index in [1.165, 1.54) is 0 Å². The molecule has 2 aromatic rings. The predicted octanol–water partition coefficient (Wildman–Crippen LogP) is 0.860. The summed E-state index contributed by atoms with van der Waals surface area (Å²) in [5, 5.41) is 0.897. The standard InChI is InChI=1S/C22H20B4O4/c1-13-7-12-17(19-18(13)24-22(25-19)26-23)30-21(28)15-10-8-14(9-11-15)20(27)29-16-5-3-2-4-6-16/h2-7,12,14-15H,8-11H2,1H3. The second-order valence-electron chi connectivity index (χ2n) is 7.87. The molecule has 0 bridgehead atoms. The summed E-state index contributed by atoms with van der Waals surface area (Å²) in [6.45, 7) is 3.95. The van der Waals surface area contributed by atoms with Crippen molar-refractivity contribution in [3.63, 3.8) is 0 Å². The maximum atomic E-state index is 12.8. The Hall–Kier alpha value is -2.49. The predicted molar refractivity (Wildman–Crippen MR) is 122 cm³/mol. The molecule has 4 nitrogen and oxygen atoms in total. The Bertz CT molecular complexity index is 982. The zero-order chi connectivity index (χ0) is 21.1. The van der Waals surface area contributed by atoms with Crippen LogP contribution in [0.1, 0.15) is 31.2 Å². The van der Waals surface area contributed by atoms with Gasteiger partial charge in [-0.05, 0) is 0 Å². The van der Waals surface area contributed by atoms with Gasteiger partial charge in [-0.3, -0.25) is 0 Å². The van der Waals surface area contributed by atoms with E-state index in [9.17, 15) is 9.59 Å². The van der Waals surface area contributed by atoms with Crippen molar-refractivity contribution in [3.8, 4) is 11.5 Å². The molecule has 0 unspecified atom stereocenters. The van der Waals surface area contributed by atoms with Crippen LogP contribution in [0.5, 0.6) is 11.5 Å². The molecular formula is C22H20B4O4. The van der Waals surface area contributed by atoms with E-state index in [1.807, 2.05) is 51.5 Å². The number of rotatable bonds is 5. The van der Waals surface area contributed by atoms with Crippen molar-refractivity contribution in [3.05, 3.63) is 48.0 Å². The summed E-state index contributed by atoms with van der Waals surface area (Å²) in [7, 11) is 9.18. The summed E-state index contributed by atoms with van der Waals surface area (Å²) < 4.78 is 11.2. The minimum absolute atomic E-state index is 0.182. The van der Waals surface area contributed by atoms with Gasteiger partial charge < -0.3 is 0 Å². The third-order valence-electron chi connectivity index (χ3n) is 5.85. The number of ether oxygens (including phenoxy) is 2. The maximum absolute atomic E-state index is 12.8. The van der Waals surface area contributed by atoms with Gasteiger partial charge in [-0.1, -0.05) is 18.2 Å². The third-order valence-corrected chi connectivity index (χ3v) is 5.85. The molecule has 0 saturated heterocycles. The fraction of sp³-hybridized carbons (Fsp3) is 0.318. The van der Waals surface area contributed by atoms with Gasteiger partial charge in [0.2, 0.25) is 0 Å². The molecule has 0 amide bonds. The first-order valence-electron chi connectivity index (χ1n) is 10.3. The molecule has 2 aromatic carbocycles. The van der Waals surface area contributed by atoms with Crippen LogP contribution in [0.4, 0.5) is 0 Å². The third kappa shape index (κ3) is 4.48. The van der Waals surface area contributed by atoms with Crippen LogP contribution in [0.2, 0.25) is 0 Å². The molecule has 1 fully saturated rings. The van der Waals surface area contributed by atoms with Gasteiger partial charge in [0.25, 0.3) is 0 Å². The van der Waals surface area contributed by atoms with Gasteiger partial charge in [0.1, 0.15) is 0 Å². The summed E-state index contributed by atoms with van der Waals surface area (Å²) in [6.07, 6.45) is 2.48. The summed E-state index contributed by atoms with van der Waals surface area (Å²) in [5.41, 5.74) is 3.03. The number of esters is 2. The first-order chi connectivity index (χ1) is 14.5. The first-order valence-corrected chi connectivity index (χ1v) is 10.3. The number of para-hydroxylation sites is 1. The zero-order valence-corrected chi connectivity index (χ0v) is 17.0. The van der Waals surface area contributed by atoms with Crippen molar-refractivity contribution in [1.82, 2.24) is 0 Å². The number of fused-ring (bicyclic) bond motifs is 1. The van der Waals surface area contributed by atoms with Crippen LogP contribution in [0, 0.1) is 18.8 Å². The first kappa shape index (κ1) is 20.8. The SMILES string of the molecule is [B][B]C1=Bc2c(OC(=O)C3CCC(C(=O)Oc4ccccc4)CC3)ccc(C)c2[B]1. The monoisotopic (exact) mass is 392 g/mol. The normalized spacial score (nSPS) is 19.6. The zero-order valence-electron chi connectivity index (χ0n) is 17.0. The number of benzene rings is 2. The molecule has 0 N–H and O–H groups in total. The molecule has 4 radical (unpaired) electrons. The molecular weight excluding hydrogens is 371 g/mol. The van der Waals surface area contributed by atoms with Crippen LogP contribution in [0.15, 0.2) is 42.5 Å². The summed E-state index contributed by atoms with van der Waals surface area (Å²) >= 11 is 0. The summed E-state index contributed by atoms with van der Waals surface area (Å²) in [5.74, 6) is 0.247. The second-order valence-corrected chi connectivity index (χ2v) is 7.87. The summed E-state index contributed by atoms with van der Waals surface area (Å²) in [6, 6.07) is 12.8. The van der Waals surface area contributed by atoms with Gasteiger partial charge >= 0.3 is 162 Å². The van der Waals surface area contributed by atoms with E-state index in [0.717, 1.165) is 21.8 Å². The van der Waals surface area contributed by atoms with Crippen LogP contribution in [-0.4, -0.2) is 46.3 Å². The Morgan fingerprint density at radius 2 is 1.57 bits per heavy atom. The van der Waals surface area contributed by atoms with E-state index in [2.05, 4.69) is 0 Å². The van der Waals surface area contributed by atoms with Crippen LogP contribution >= 0.6 is 0 Å². The van der Waals surface area contributed by atoms with Gasteiger partial charge in [0, 0.05) is 0 Å². The van der Waals surface area contributed by atoms with Crippen molar-refractivity contribution in [2.75, 3.05) is 0 Å². The van der Waals surface area contributed by atoms with Crippen molar-refractivity contribution in [2.45, 2.75) is 32.6 Å². The molecule has 4 rings (SSSR count). The molecule has 0 spiro atoms. The van der Waals surface area contributed by atoms with Gasteiger partial charge in [0.05, 0.1) is 0 Å². The Morgan fingerprint density at radius 3 is 2.20 bits per heavy atom. The minimum atomic E-state index is -0.241. The molecule has 0 aromatic heterocycles. The van der Waals surface area contributed by atoms with E-state index in [1.54, 1.807) is 19.3 Å². The van der Waals surface area contributed by atoms with E-state index in [4.69, 9.17) is 17.2 Å². The second kappa shape index (κ2) is 9.11. The molecule has 8 heteroatoms. The average Bonchev–Trinajstić information content (AvgIpc) is 3.22. The van der Waals surface area contributed by atoms with E-state index in [0.29, 0.717) is 37.2 Å². The molecule has 1 saturated carbocycles. The quantitative estimate of drug-likeness (QED) is 0.431. The van der Waals surface area contributed by atoms with Gasteiger partial charge in [-0.15, -0.1) is 0 Å². The number of carbonyl (C=O) groups excluding carboxylic acids is 2. The van der Waals surface area contributed by atoms with Gasteiger partial charge in [-0.25, -0.2) is 0 Å². The van der Waals surface area contributed by atoms with Crippen molar-refractivity contribution in [1.29, 1.82) is 0 Å². The summed E-state index contributed by atoms with van der Waals surface area (Å²) in [4.78, 5) is 25.2. The Labute approximate surface area is 180 Å². The molecule has 30 heavy (non-hydrogen) atoms. The van der Waals surface area contributed by atoms with Gasteiger partial charge in [0.15, 0.2) is 0 Å².